The number of hydrogen-bond acceptors (Lipinski definition) is 7. The minimum Gasteiger partial charge on any atom is -0.507 e. The highest BCUT2D eigenvalue weighted by molar-refractivity contribution is 9.10. The fourth-order valence-electron chi connectivity index (χ4n) is 4.87. The molecule has 1 fully saturated rings. The first kappa shape index (κ1) is 23.7. The molecular formula is C28H21BrN2O5S. The van der Waals surface area contributed by atoms with Gasteiger partial charge in [-0.25, -0.2) is 4.98 Å². The third-order valence-electron chi connectivity index (χ3n) is 6.57. The highest BCUT2D eigenvalue weighted by Crippen LogP contribution is 2.45. The Labute approximate surface area is 225 Å². The molecule has 0 saturated carbocycles. The molecule has 1 amide bonds. The summed E-state index contributed by atoms with van der Waals surface area (Å²) >= 11 is 4.78. The van der Waals surface area contributed by atoms with Gasteiger partial charge in [0.1, 0.15) is 23.4 Å². The molecule has 7 nitrogen and oxygen atoms in total. The number of ether oxygens (including phenoxy) is 2. The third kappa shape index (κ3) is 3.98. The van der Waals surface area contributed by atoms with Gasteiger partial charge in [0.2, 0.25) is 0 Å². The van der Waals surface area contributed by atoms with Crippen LogP contribution in [0.15, 0.2) is 70.7 Å². The van der Waals surface area contributed by atoms with E-state index in [2.05, 4.69) is 20.9 Å². The summed E-state index contributed by atoms with van der Waals surface area (Å²) in [6, 6.07) is 17.3. The predicted octanol–water partition coefficient (Wildman–Crippen LogP) is 6.02. The quantitative estimate of drug-likeness (QED) is 0.181. The average molecular weight is 577 g/mol. The van der Waals surface area contributed by atoms with Crippen molar-refractivity contribution in [3.63, 3.8) is 0 Å². The first-order valence-electron chi connectivity index (χ1n) is 11.6. The van der Waals surface area contributed by atoms with Crippen molar-refractivity contribution in [2.45, 2.75) is 25.5 Å². The number of nitrogens with zero attached hydrogens (tertiary/aromatic N) is 2. The minimum absolute atomic E-state index is 0.0202. The summed E-state index contributed by atoms with van der Waals surface area (Å²) < 4.78 is 12.7. The lowest BCUT2D eigenvalue weighted by Gasteiger charge is -2.23. The SMILES string of the molecule is COc1ccc2nc(N3C(=O)C(=O)C(=C(O)c4ccc5c(c4)C[C@H](C)O5)[C@H]3c3cccc(Br)c3)sc2c1. The number of hydrogen-bond donors (Lipinski definition) is 1. The summed E-state index contributed by atoms with van der Waals surface area (Å²) in [7, 11) is 1.58. The fraction of sp³-hybridized carbons (Fsp3) is 0.179. The maximum atomic E-state index is 13.5. The van der Waals surface area contributed by atoms with Crippen LogP contribution in [0.2, 0.25) is 0 Å². The number of aliphatic hydroxyl groups excluding tert-OH is 1. The molecule has 0 unspecified atom stereocenters. The van der Waals surface area contributed by atoms with Crippen LogP contribution in [0, 0.1) is 0 Å². The molecule has 1 saturated heterocycles. The molecule has 2 aliphatic rings. The molecule has 1 N–H and O–H groups in total. The lowest BCUT2D eigenvalue weighted by atomic mass is 9.94. The van der Waals surface area contributed by atoms with Crippen molar-refractivity contribution in [3.8, 4) is 11.5 Å². The number of anilines is 1. The van der Waals surface area contributed by atoms with E-state index < -0.39 is 17.7 Å². The summed E-state index contributed by atoms with van der Waals surface area (Å²) in [5.74, 6) is -0.294. The molecule has 1 aromatic heterocycles. The van der Waals surface area contributed by atoms with Crippen LogP contribution in [0.25, 0.3) is 16.0 Å². The van der Waals surface area contributed by atoms with Gasteiger partial charge >= 0.3 is 5.91 Å². The molecular weight excluding hydrogens is 556 g/mol. The summed E-state index contributed by atoms with van der Waals surface area (Å²) in [5, 5.41) is 11.8. The molecule has 0 aliphatic carbocycles. The van der Waals surface area contributed by atoms with Crippen LogP contribution in [0.3, 0.4) is 0 Å². The van der Waals surface area contributed by atoms with E-state index in [0.717, 1.165) is 20.5 Å². The topological polar surface area (TPSA) is 89.0 Å². The number of methoxy groups -OCH3 is 1. The Morgan fingerprint density at radius 3 is 2.78 bits per heavy atom. The summed E-state index contributed by atoms with van der Waals surface area (Å²) in [4.78, 5) is 33.0. The van der Waals surface area contributed by atoms with Crippen molar-refractivity contribution in [2.75, 3.05) is 12.0 Å². The Bertz CT molecular complexity index is 1630. The number of Topliss-reactive ketones (excluding diaryl/α,β-unsaturated/α-hetero) is 1. The van der Waals surface area contributed by atoms with E-state index >= 15 is 0 Å². The van der Waals surface area contributed by atoms with Crippen LogP contribution in [0.1, 0.15) is 29.7 Å². The average Bonchev–Trinajstić information content (AvgIpc) is 3.55. The molecule has 3 aromatic carbocycles. The molecule has 2 atom stereocenters. The Morgan fingerprint density at radius 2 is 2.00 bits per heavy atom. The molecule has 37 heavy (non-hydrogen) atoms. The predicted molar refractivity (Wildman–Crippen MR) is 145 cm³/mol. The van der Waals surface area contributed by atoms with Crippen LogP contribution >= 0.6 is 27.3 Å². The molecule has 3 heterocycles. The van der Waals surface area contributed by atoms with Crippen molar-refractivity contribution < 1.29 is 24.2 Å². The van der Waals surface area contributed by atoms with Crippen LogP contribution in [-0.4, -0.2) is 35.0 Å². The van der Waals surface area contributed by atoms with Crippen LogP contribution < -0.4 is 14.4 Å². The number of rotatable bonds is 4. The van der Waals surface area contributed by atoms with Crippen molar-refractivity contribution in [2.24, 2.45) is 0 Å². The molecule has 186 valence electrons. The van der Waals surface area contributed by atoms with Gasteiger partial charge in [0.05, 0.1) is 28.9 Å². The highest BCUT2D eigenvalue weighted by atomic mass is 79.9. The summed E-state index contributed by atoms with van der Waals surface area (Å²) in [5.41, 5.74) is 2.79. The monoisotopic (exact) mass is 576 g/mol. The minimum atomic E-state index is -0.858. The van der Waals surface area contributed by atoms with E-state index in [1.165, 1.54) is 16.2 Å². The number of amides is 1. The number of carbonyl (C=O) groups excluding carboxylic acids is 2. The van der Waals surface area contributed by atoms with Crippen LogP contribution in [-0.2, 0) is 16.0 Å². The zero-order valence-corrected chi connectivity index (χ0v) is 22.3. The van der Waals surface area contributed by atoms with Crippen LogP contribution in [0.4, 0.5) is 5.13 Å². The summed E-state index contributed by atoms with van der Waals surface area (Å²) in [6.07, 6.45) is 0.743. The number of benzene rings is 3. The molecule has 0 spiro atoms. The molecule has 0 radical (unpaired) electrons. The molecule has 9 heteroatoms. The number of ketones is 1. The molecule has 2 aliphatic heterocycles. The normalized spacial score (nSPS) is 20.4. The van der Waals surface area contributed by atoms with E-state index in [1.807, 2.05) is 49.4 Å². The first-order chi connectivity index (χ1) is 17.8. The van der Waals surface area contributed by atoms with Crippen molar-refractivity contribution >= 4 is 60.1 Å². The Hall–Kier alpha value is -3.69. The lowest BCUT2D eigenvalue weighted by molar-refractivity contribution is -0.132. The fourth-order valence-corrected chi connectivity index (χ4v) is 6.31. The van der Waals surface area contributed by atoms with E-state index in [4.69, 9.17) is 9.47 Å². The smallest absolute Gasteiger partial charge is 0.301 e. The van der Waals surface area contributed by atoms with Crippen LogP contribution in [0.5, 0.6) is 11.5 Å². The number of aliphatic hydroxyl groups is 1. The molecule has 6 rings (SSSR count). The number of carbonyl (C=O) groups is 2. The third-order valence-corrected chi connectivity index (χ3v) is 8.08. The van der Waals surface area contributed by atoms with Crippen molar-refractivity contribution in [3.05, 3.63) is 87.4 Å². The van der Waals surface area contributed by atoms with E-state index in [0.29, 0.717) is 33.9 Å². The van der Waals surface area contributed by atoms with E-state index in [9.17, 15) is 14.7 Å². The second-order valence-corrected chi connectivity index (χ2v) is 10.9. The number of aromatic nitrogens is 1. The number of thiazole rings is 1. The Balaban J connectivity index is 1.53. The van der Waals surface area contributed by atoms with E-state index in [1.54, 1.807) is 25.3 Å². The van der Waals surface area contributed by atoms with Gasteiger partial charge in [0.25, 0.3) is 5.78 Å². The zero-order valence-electron chi connectivity index (χ0n) is 19.9. The second-order valence-electron chi connectivity index (χ2n) is 9.01. The highest BCUT2D eigenvalue weighted by Gasteiger charge is 2.48. The van der Waals surface area contributed by atoms with Gasteiger partial charge in [0, 0.05) is 16.5 Å². The Morgan fingerprint density at radius 1 is 1.16 bits per heavy atom. The van der Waals surface area contributed by atoms with E-state index in [-0.39, 0.29) is 17.4 Å². The maximum absolute atomic E-state index is 13.5. The largest absolute Gasteiger partial charge is 0.507 e. The van der Waals surface area contributed by atoms with Gasteiger partial charge in [-0.15, -0.1) is 0 Å². The van der Waals surface area contributed by atoms with Crippen molar-refractivity contribution in [1.82, 2.24) is 4.98 Å². The van der Waals surface area contributed by atoms with Gasteiger partial charge in [-0.1, -0.05) is 39.4 Å². The van der Waals surface area contributed by atoms with Gasteiger partial charge in [-0.05, 0) is 66.6 Å². The van der Waals surface area contributed by atoms with Crippen molar-refractivity contribution in [1.29, 1.82) is 0 Å². The Kier molecular flexibility index (Phi) is 5.77. The van der Waals surface area contributed by atoms with Gasteiger partial charge in [-0.2, -0.15) is 0 Å². The number of halogens is 1. The second kappa shape index (κ2) is 9.00. The first-order valence-corrected chi connectivity index (χ1v) is 13.3. The number of fused-ring (bicyclic) bond motifs is 2. The lowest BCUT2D eigenvalue weighted by Crippen LogP contribution is -2.29. The molecule has 0 bridgehead atoms. The van der Waals surface area contributed by atoms with Gasteiger partial charge in [-0.3, -0.25) is 14.5 Å². The zero-order chi connectivity index (χ0) is 25.8. The van der Waals surface area contributed by atoms with Gasteiger partial charge in [0.15, 0.2) is 5.13 Å². The maximum Gasteiger partial charge on any atom is 0.301 e. The summed E-state index contributed by atoms with van der Waals surface area (Å²) in [6.45, 7) is 1.98. The molecule has 4 aromatic rings. The van der Waals surface area contributed by atoms with Gasteiger partial charge < -0.3 is 14.6 Å². The standard InChI is InChI=1S/C28H21BrN2O5S/c1-14-10-17-11-16(6-9-21(17)36-14)25(32)23-24(15-4-3-5-18(29)12-15)31(27(34)26(23)33)28-30-20-8-7-19(35-2)13-22(20)37-28/h3-9,11-14,24,32H,10H2,1-2H3/t14-,24+/m0/s1.